The number of hydrogen-bond acceptors (Lipinski definition) is 1. The van der Waals surface area contributed by atoms with Gasteiger partial charge in [-0.2, -0.15) is 9.78 Å². The van der Waals surface area contributed by atoms with Crippen molar-refractivity contribution in [3.63, 3.8) is 0 Å². The van der Waals surface area contributed by atoms with Gasteiger partial charge >= 0.3 is 6.30 Å². The molecule has 0 saturated heterocycles. The zero-order valence-electron chi connectivity index (χ0n) is 6.76. The second-order valence-electron chi connectivity index (χ2n) is 2.79. The van der Waals surface area contributed by atoms with E-state index in [1.807, 2.05) is 0 Å². The van der Waals surface area contributed by atoms with Crippen LogP contribution >= 0.6 is 0 Å². The average Bonchev–Trinajstić information content (AvgIpc) is 2.30. The van der Waals surface area contributed by atoms with Gasteiger partial charge < -0.3 is 0 Å². The third-order valence-electron chi connectivity index (χ3n) is 1.50. The fourth-order valence-corrected chi connectivity index (χ4v) is 0.963. The maximum atomic E-state index is 12.1. The summed E-state index contributed by atoms with van der Waals surface area (Å²) >= 11 is 0. The Labute approximate surface area is 68.0 Å². The first-order chi connectivity index (χ1) is 5.43. The number of aromatic nitrogens is 2. The first kappa shape index (κ1) is 9.09. The van der Waals surface area contributed by atoms with E-state index in [1.165, 1.54) is 6.07 Å². The highest BCUT2D eigenvalue weighted by Crippen LogP contribution is 2.26. The van der Waals surface area contributed by atoms with Crippen LogP contribution in [0.3, 0.4) is 0 Å². The van der Waals surface area contributed by atoms with Crippen LogP contribution in [0.25, 0.3) is 0 Å². The monoisotopic (exact) mass is 178 g/mol. The van der Waals surface area contributed by atoms with E-state index in [0.29, 0.717) is 0 Å². The lowest BCUT2D eigenvalue weighted by Crippen LogP contribution is -2.21. The number of nitrogens with zero attached hydrogens (tertiary/aromatic N) is 2. The van der Waals surface area contributed by atoms with Crippen molar-refractivity contribution in [1.82, 2.24) is 9.78 Å². The van der Waals surface area contributed by atoms with Gasteiger partial charge in [0.2, 0.25) is 0 Å². The minimum absolute atomic E-state index is 0.0949. The number of alkyl halides is 3. The number of rotatable bonds is 1. The fourth-order valence-electron chi connectivity index (χ4n) is 0.963. The van der Waals surface area contributed by atoms with Crippen LogP contribution in [-0.2, 0) is 6.30 Å². The molecule has 0 aromatic carbocycles. The molecule has 12 heavy (non-hydrogen) atoms. The van der Waals surface area contributed by atoms with Gasteiger partial charge in [0, 0.05) is 6.20 Å². The molecule has 1 rings (SSSR count). The van der Waals surface area contributed by atoms with E-state index < -0.39 is 6.30 Å². The predicted octanol–water partition coefficient (Wildman–Crippen LogP) is 2.48. The first-order valence-corrected chi connectivity index (χ1v) is 3.54. The smallest absolute Gasteiger partial charge is 0.176 e. The van der Waals surface area contributed by atoms with E-state index in [0.717, 1.165) is 6.20 Å². The molecule has 2 nitrogen and oxygen atoms in total. The summed E-state index contributed by atoms with van der Waals surface area (Å²) < 4.78 is 36.5. The molecule has 5 heteroatoms. The third kappa shape index (κ3) is 1.60. The summed E-state index contributed by atoms with van der Waals surface area (Å²) in [6.45, 7) is 3.39. The molecule has 0 amide bonds. The maximum Gasteiger partial charge on any atom is 0.504 e. The Hall–Kier alpha value is -1.00. The van der Waals surface area contributed by atoms with Gasteiger partial charge in [-0.1, -0.05) is 13.8 Å². The molecule has 0 radical (unpaired) electrons. The van der Waals surface area contributed by atoms with Crippen LogP contribution in [0, 0.1) is 0 Å². The Morgan fingerprint density at radius 2 is 2.00 bits per heavy atom. The summed E-state index contributed by atoms with van der Waals surface area (Å²) in [7, 11) is 0. The van der Waals surface area contributed by atoms with E-state index in [-0.39, 0.29) is 16.3 Å². The minimum atomic E-state index is -4.40. The van der Waals surface area contributed by atoms with E-state index in [1.54, 1.807) is 13.8 Å². The third-order valence-corrected chi connectivity index (χ3v) is 1.50. The van der Waals surface area contributed by atoms with Crippen LogP contribution in [0.15, 0.2) is 12.3 Å². The highest BCUT2D eigenvalue weighted by Gasteiger charge is 2.34. The summed E-state index contributed by atoms with van der Waals surface area (Å²) in [5.74, 6) is -0.172. The molecule has 0 unspecified atom stereocenters. The Bertz CT molecular complexity index is 262. The van der Waals surface area contributed by atoms with Crippen molar-refractivity contribution in [1.29, 1.82) is 0 Å². The molecule has 1 aromatic heterocycles. The summed E-state index contributed by atoms with van der Waals surface area (Å²) in [6, 6.07) is 1.37. The lowest BCUT2D eigenvalue weighted by Gasteiger charge is -2.12. The Morgan fingerprint density at radius 1 is 1.42 bits per heavy atom. The minimum Gasteiger partial charge on any atom is -0.176 e. The van der Waals surface area contributed by atoms with E-state index >= 15 is 0 Å². The molecule has 0 fully saturated rings. The van der Waals surface area contributed by atoms with Crippen molar-refractivity contribution >= 4 is 0 Å². The Morgan fingerprint density at radius 3 is 2.33 bits per heavy atom. The highest BCUT2D eigenvalue weighted by molar-refractivity contribution is 5.05. The fraction of sp³-hybridized carbons (Fsp3) is 0.571. The van der Waals surface area contributed by atoms with Gasteiger partial charge in [-0.25, -0.2) is 0 Å². The van der Waals surface area contributed by atoms with Crippen LogP contribution in [0.4, 0.5) is 13.2 Å². The lowest BCUT2D eigenvalue weighted by atomic mass is 10.1. The van der Waals surface area contributed by atoms with Crippen LogP contribution in [0.5, 0.6) is 0 Å². The standard InChI is InChI=1S/C7H9F3N2/c1-5(2)6-3-4-11-12(6)7(8,9)10/h3-5H,1-2H3. The SMILES string of the molecule is CC(C)c1ccnn1C(F)(F)F. The predicted molar refractivity (Wildman–Crippen MR) is 37.6 cm³/mol. The van der Waals surface area contributed by atoms with Gasteiger partial charge in [0.05, 0.1) is 5.69 Å². The largest absolute Gasteiger partial charge is 0.504 e. The van der Waals surface area contributed by atoms with Gasteiger partial charge in [0.1, 0.15) is 0 Å². The van der Waals surface area contributed by atoms with Crippen LogP contribution in [0.2, 0.25) is 0 Å². The van der Waals surface area contributed by atoms with Gasteiger partial charge in [-0.3, -0.25) is 0 Å². The number of hydrogen-bond donors (Lipinski definition) is 0. The van der Waals surface area contributed by atoms with Crippen molar-refractivity contribution in [2.45, 2.75) is 26.1 Å². The lowest BCUT2D eigenvalue weighted by molar-refractivity contribution is -0.214. The summed E-state index contributed by atoms with van der Waals surface area (Å²) in [6.07, 6.45) is -3.24. The zero-order valence-corrected chi connectivity index (χ0v) is 6.76. The topological polar surface area (TPSA) is 17.8 Å². The zero-order chi connectivity index (χ0) is 9.35. The summed E-state index contributed by atoms with van der Waals surface area (Å²) in [5.41, 5.74) is 0.183. The highest BCUT2D eigenvalue weighted by atomic mass is 19.4. The Balaban J connectivity index is 3.08. The molecule has 0 spiro atoms. The van der Waals surface area contributed by atoms with Crippen molar-refractivity contribution in [3.05, 3.63) is 18.0 Å². The molecule has 0 aliphatic rings. The second kappa shape index (κ2) is 2.80. The van der Waals surface area contributed by atoms with Gasteiger partial charge in [0.15, 0.2) is 0 Å². The molecule has 1 heterocycles. The van der Waals surface area contributed by atoms with Crippen molar-refractivity contribution in [2.75, 3.05) is 0 Å². The van der Waals surface area contributed by atoms with E-state index in [4.69, 9.17) is 0 Å². The molecule has 0 bridgehead atoms. The van der Waals surface area contributed by atoms with Crippen LogP contribution in [0.1, 0.15) is 25.5 Å². The maximum absolute atomic E-state index is 12.1. The molecular weight excluding hydrogens is 169 g/mol. The summed E-state index contributed by atoms with van der Waals surface area (Å²) in [4.78, 5) is 0. The summed E-state index contributed by atoms with van der Waals surface area (Å²) in [5, 5.41) is 3.20. The quantitative estimate of drug-likeness (QED) is 0.646. The van der Waals surface area contributed by atoms with E-state index in [2.05, 4.69) is 5.10 Å². The average molecular weight is 178 g/mol. The first-order valence-electron chi connectivity index (χ1n) is 3.54. The molecule has 0 saturated carbocycles. The van der Waals surface area contributed by atoms with Gasteiger partial charge in [-0.05, 0) is 12.0 Å². The van der Waals surface area contributed by atoms with Crippen molar-refractivity contribution in [2.24, 2.45) is 0 Å². The van der Waals surface area contributed by atoms with Crippen molar-refractivity contribution in [3.8, 4) is 0 Å². The van der Waals surface area contributed by atoms with Crippen molar-refractivity contribution < 1.29 is 13.2 Å². The molecule has 0 N–H and O–H groups in total. The van der Waals surface area contributed by atoms with Crippen LogP contribution in [-0.4, -0.2) is 9.78 Å². The van der Waals surface area contributed by atoms with Gasteiger partial charge in [-0.15, -0.1) is 13.2 Å². The number of halogens is 3. The molecule has 0 aliphatic heterocycles. The second-order valence-corrected chi connectivity index (χ2v) is 2.79. The van der Waals surface area contributed by atoms with Gasteiger partial charge in [0.25, 0.3) is 0 Å². The van der Waals surface area contributed by atoms with E-state index in [9.17, 15) is 13.2 Å². The van der Waals surface area contributed by atoms with Crippen LogP contribution < -0.4 is 0 Å². The molecule has 1 aromatic rings. The Kier molecular flexibility index (Phi) is 2.12. The molecule has 0 atom stereocenters. The normalized spacial score (nSPS) is 12.5. The molecule has 0 aliphatic carbocycles. The molecule has 68 valence electrons. The molecular formula is C7H9F3N2.